The van der Waals surface area contributed by atoms with Crippen molar-refractivity contribution < 1.29 is 33.3 Å². The van der Waals surface area contributed by atoms with Crippen LogP contribution in [0.25, 0.3) is 22.6 Å². The van der Waals surface area contributed by atoms with Gasteiger partial charge in [0.2, 0.25) is 12.7 Å². The number of fused-ring (bicyclic) bond motifs is 2. The standard InChI is InChI=1S/C26H27N3O7/c1-16-27-28-25(35-16)24-12-19-20(3-2-4-21(19)36-24)32-14-18(30)13-29-9-7-26(31,8-10-29)17-5-6-22-23(11-17)34-15-33-22/h2-6,11-12,18,30-31H,7-10,13-15H2,1H3. The Morgan fingerprint density at radius 3 is 2.69 bits per heavy atom. The summed E-state index contributed by atoms with van der Waals surface area (Å²) in [5, 5.41) is 30.5. The predicted molar refractivity (Wildman–Crippen MR) is 128 cm³/mol. The molecule has 0 amide bonds. The highest BCUT2D eigenvalue weighted by molar-refractivity contribution is 5.87. The molecule has 1 unspecified atom stereocenters. The average Bonchev–Trinajstić information content (AvgIpc) is 3.63. The molecule has 1 saturated heterocycles. The number of piperidine rings is 1. The molecule has 10 heteroatoms. The topological polar surface area (TPSA) is 123 Å². The van der Waals surface area contributed by atoms with Gasteiger partial charge in [-0.3, -0.25) is 0 Å². The number of likely N-dealkylation sites (tertiary alicyclic amines) is 1. The zero-order valence-electron chi connectivity index (χ0n) is 19.8. The van der Waals surface area contributed by atoms with Gasteiger partial charge in [-0.25, -0.2) is 0 Å². The Hall–Kier alpha value is -3.60. The van der Waals surface area contributed by atoms with Gasteiger partial charge in [0, 0.05) is 32.6 Å². The Bertz CT molecular complexity index is 1370. The fourth-order valence-corrected chi connectivity index (χ4v) is 4.78. The number of aliphatic hydroxyl groups is 2. The van der Waals surface area contributed by atoms with Crippen molar-refractivity contribution in [3.05, 3.63) is 53.9 Å². The molecule has 188 valence electrons. The first-order valence-electron chi connectivity index (χ1n) is 12.0. The van der Waals surface area contributed by atoms with Crippen molar-refractivity contribution in [3.63, 3.8) is 0 Å². The van der Waals surface area contributed by atoms with Crippen LogP contribution in [0.3, 0.4) is 0 Å². The first kappa shape index (κ1) is 22.8. The molecule has 1 atom stereocenters. The van der Waals surface area contributed by atoms with Crippen molar-refractivity contribution in [1.29, 1.82) is 0 Å². The molecule has 6 rings (SSSR count). The fourth-order valence-electron chi connectivity index (χ4n) is 4.78. The summed E-state index contributed by atoms with van der Waals surface area (Å²) in [7, 11) is 0. The first-order valence-corrected chi connectivity index (χ1v) is 12.0. The van der Waals surface area contributed by atoms with Gasteiger partial charge in [-0.2, -0.15) is 0 Å². The summed E-state index contributed by atoms with van der Waals surface area (Å²) in [6.45, 7) is 3.82. The molecule has 10 nitrogen and oxygen atoms in total. The summed E-state index contributed by atoms with van der Waals surface area (Å²) in [6.07, 6.45) is 0.431. The number of aryl methyl sites for hydroxylation is 1. The van der Waals surface area contributed by atoms with Gasteiger partial charge in [0.15, 0.2) is 17.3 Å². The molecule has 0 spiro atoms. The van der Waals surface area contributed by atoms with Crippen LogP contribution in [-0.2, 0) is 5.60 Å². The van der Waals surface area contributed by atoms with E-state index in [2.05, 4.69) is 15.1 Å². The summed E-state index contributed by atoms with van der Waals surface area (Å²) >= 11 is 0. The second-order valence-corrected chi connectivity index (χ2v) is 9.27. The van der Waals surface area contributed by atoms with Gasteiger partial charge in [-0.15, -0.1) is 10.2 Å². The van der Waals surface area contributed by atoms with E-state index in [9.17, 15) is 10.2 Å². The van der Waals surface area contributed by atoms with Crippen LogP contribution >= 0.6 is 0 Å². The third-order valence-corrected chi connectivity index (χ3v) is 6.75. The van der Waals surface area contributed by atoms with Gasteiger partial charge in [0.25, 0.3) is 5.89 Å². The maximum absolute atomic E-state index is 11.2. The van der Waals surface area contributed by atoms with E-state index in [1.54, 1.807) is 13.0 Å². The number of rotatable bonds is 7. The zero-order valence-corrected chi connectivity index (χ0v) is 19.8. The monoisotopic (exact) mass is 493 g/mol. The van der Waals surface area contributed by atoms with E-state index in [0.717, 1.165) is 10.9 Å². The highest BCUT2D eigenvalue weighted by Crippen LogP contribution is 2.39. The number of aliphatic hydroxyl groups excluding tert-OH is 1. The third-order valence-electron chi connectivity index (χ3n) is 6.75. The Labute approximate surface area is 207 Å². The number of nitrogens with zero attached hydrogens (tertiary/aromatic N) is 3. The maximum Gasteiger partial charge on any atom is 0.283 e. The van der Waals surface area contributed by atoms with Crippen molar-refractivity contribution in [3.8, 4) is 28.9 Å². The highest BCUT2D eigenvalue weighted by Gasteiger charge is 2.35. The highest BCUT2D eigenvalue weighted by atomic mass is 16.7. The third kappa shape index (κ3) is 4.39. The molecule has 0 radical (unpaired) electrons. The van der Waals surface area contributed by atoms with Gasteiger partial charge in [0.1, 0.15) is 24.0 Å². The van der Waals surface area contributed by atoms with Crippen molar-refractivity contribution in [2.24, 2.45) is 0 Å². The molecule has 1 fully saturated rings. The van der Waals surface area contributed by atoms with Gasteiger partial charge in [-0.1, -0.05) is 12.1 Å². The average molecular weight is 494 g/mol. The van der Waals surface area contributed by atoms with Crippen LogP contribution < -0.4 is 14.2 Å². The summed E-state index contributed by atoms with van der Waals surface area (Å²) in [5.41, 5.74) is 0.537. The number of benzene rings is 2. The molecular formula is C26H27N3O7. The molecule has 4 heterocycles. The number of hydrogen-bond donors (Lipinski definition) is 2. The van der Waals surface area contributed by atoms with Gasteiger partial charge >= 0.3 is 0 Å². The number of aromatic nitrogens is 2. The van der Waals surface area contributed by atoms with Crippen LogP contribution in [0.1, 0.15) is 24.3 Å². The Morgan fingerprint density at radius 2 is 1.89 bits per heavy atom. The zero-order chi connectivity index (χ0) is 24.7. The molecule has 0 saturated carbocycles. The molecule has 2 aliphatic heterocycles. The summed E-state index contributed by atoms with van der Waals surface area (Å²) in [6, 6.07) is 12.9. The minimum Gasteiger partial charge on any atom is -0.490 e. The fraction of sp³-hybridized carbons (Fsp3) is 0.385. The van der Waals surface area contributed by atoms with E-state index in [4.69, 9.17) is 23.0 Å². The van der Waals surface area contributed by atoms with Crippen LogP contribution in [-0.4, -0.2) is 64.4 Å². The van der Waals surface area contributed by atoms with Crippen LogP contribution in [0.2, 0.25) is 0 Å². The van der Waals surface area contributed by atoms with Crippen LogP contribution in [0.5, 0.6) is 17.2 Å². The van der Waals surface area contributed by atoms with Crippen LogP contribution in [0.4, 0.5) is 0 Å². The summed E-state index contributed by atoms with van der Waals surface area (Å²) < 4.78 is 28.1. The van der Waals surface area contributed by atoms with E-state index in [1.807, 2.05) is 36.4 Å². The number of hydrogen-bond acceptors (Lipinski definition) is 10. The normalized spacial score (nSPS) is 18.0. The van der Waals surface area contributed by atoms with Crippen molar-refractivity contribution in [2.45, 2.75) is 31.5 Å². The second kappa shape index (κ2) is 9.12. The molecule has 2 N–H and O–H groups in total. The predicted octanol–water partition coefficient (Wildman–Crippen LogP) is 3.24. The number of ether oxygens (including phenoxy) is 3. The number of furan rings is 1. The SMILES string of the molecule is Cc1nnc(-c2cc3c(OCC(O)CN4CCC(O)(c5ccc6c(c5)OCO6)CC4)cccc3o2)o1. The largest absolute Gasteiger partial charge is 0.490 e. The molecule has 0 bridgehead atoms. The molecular weight excluding hydrogens is 466 g/mol. The Morgan fingerprint density at radius 1 is 1.06 bits per heavy atom. The lowest BCUT2D eigenvalue weighted by Gasteiger charge is -2.39. The van der Waals surface area contributed by atoms with E-state index >= 15 is 0 Å². The van der Waals surface area contributed by atoms with Crippen molar-refractivity contribution in [2.75, 3.05) is 33.0 Å². The molecule has 0 aliphatic carbocycles. The minimum atomic E-state index is -0.926. The van der Waals surface area contributed by atoms with E-state index in [-0.39, 0.29) is 13.4 Å². The second-order valence-electron chi connectivity index (χ2n) is 9.27. The lowest BCUT2D eigenvalue weighted by atomic mass is 9.84. The Balaban J connectivity index is 1.05. The lowest BCUT2D eigenvalue weighted by molar-refractivity contribution is -0.0373. The molecule has 2 aromatic heterocycles. The minimum absolute atomic E-state index is 0.127. The van der Waals surface area contributed by atoms with Crippen LogP contribution in [0.15, 0.2) is 51.3 Å². The smallest absolute Gasteiger partial charge is 0.283 e. The molecule has 2 aliphatic rings. The molecule has 36 heavy (non-hydrogen) atoms. The van der Waals surface area contributed by atoms with E-state index in [0.29, 0.717) is 72.8 Å². The maximum atomic E-state index is 11.2. The lowest BCUT2D eigenvalue weighted by Crippen LogP contribution is -2.46. The number of β-amino-alcohol motifs (C(OH)–C–C–N with tert-alkyl or cyclic N) is 1. The van der Waals surface area contributed by atoms with Crippen molar-refractivity contribution >= 4 is 11.0 Å². The van der Waals surface area contributed by atoms with Gasteiger partial charge in [0.05, 0.1) is 11.0 Å². The van der Waals surface area contributed by atoms with E-state index < -0.39 is 11.7 Å². The summed E-state index contributed by atoms with van der Waals surface area (Å²) in [4.78, 5) is 2.14. The van der Waals surface area contributed by atoms with Crippen molar-refractivity contribution in [1.82, 2.24) is 15.1 Å². The quantitative estimate of drug-likeness (QED) is 0.396. The Kier molecular flexibility index (Phi) is 5.79. The van der Waals surface area contributed by atoms with Gasteiger partial charge < -0.3 is 38.2 Å². The molecule has 4 aromatic rings. The van der Waals surface area contributed by atoms with Gasteiger partial charge in [-0.05, 0) is 42.7 Å². The summed E-state index contributed by atoms with van der Waals surface area (Å²) in [5.74, 6) is 3.20. The van der Waals surface area contributed by atoms with Crippen LogP contribution in [0, 0.1) is 6.92 Å². The van der Waals surface area contributed by atoms with E-state index in [1.165, 1.54) is 0 Å². The molecule has 2 aromatic carbocycles. The first-order chi connectivity index (χ1) is 17.5.